The van der Waals surface area contributed by atoms with Crippen LogP contribution in [0.4, 0.5) is 17.3 Å². The Morgan fingerprint density at radius 1 is 1.21 bits per heavy atom. The lowest BCUT2D eigenvalue weighted by Gasteiger charge is -2.22. The van der Waals surface area contributed by atoms with Gasteiger partial charge in [0.2, 0.25) is 5.82 Å². The van der Waals surface area contributed by atoms with E-state index in [0.29, 0.717) is 10.8 Å². The van der Waals surface area contributed by atoms with E-state index in [-0.39, 0.29) is 23.5 Å². The lowest BCUT2D eigenvalue weighted by Crippen LogP contribution is -2.21. The molecule has 2 aromatic heterocycles. The molecular weight excluding hydrogens is 334 g/mol. The number of nitrogens with zero attached hydrogens (tertiary/aromatic N) is 4. The minimum absolute atomic E-state index is 0.0154. The van der Waals surface area contributed by atoms with Gasteiger partial charge in [0.25, 0.3) is 5.88 Å². The van der Waals surface area contributed by atoms with Gasteiger partial charge in [0.15, 0.2) is 0 Å². The smallest absolute Gasteiger partial charge is 0.373 e. The van der Waals surface area contributed by atoms with Crippen molar-refractivity contribution in [2.45, 2.75) is 38.2 Å². The predicted octanol–water partition coefficient (Wildman–Crippen LogP) is 3.89. The molecular formula is C15H16ClN5O3. The maximum atomic E-state index is 11.5. The molecule has 0 amide bonds. The van der Waals surface area contributed by atoms with Crippen molar-refractivity contribution in [1.82, 2.24) is 15.0 Å². The monoisotopic (exact) mass is 349 g/mol. The van der Waals surface area contributed by atoms with E-state index >= 15 is 0 Å². The molecule has 0 bridgehead atoms. The largest absolute Gasteiger partial charge is 0.469 e. The van der Waals surface area contributed by atoms with Crippen LogP contribution in [-0.4, -0.2) is 26.0 Å². The maximum Gasteiger partial charge on any atom is 0.373 e. The number of pyridine rings is 1. The lowest BCUT2D eigenvalue weighted by molar-refractivity contribution is -0.385. The fourth-order valence-corrected chi connectivity index (χ4v) is 2.73. The number of nitrogens with one attached hydrogen (secondary N) is 1. The van der Waals surface area contributed by atoms with Crippen molar-refractivity contribution in [3.8, 4) is 5.88 Å². The fourth-order valence-electron chi connectivity index (χ4n) is 2.62. The van der Waals surface area contributed by atoms with E-state index in [1.54, 1.807) is 12.1 Å². The van der Waals surface area contributed by atoms with Gasteiger partial charge in [-0.2, -0.15) is 4.98 Å². The molecule has 0 radical (unpaired) electrons. The normalized spacial score (nSPS) is 15.0. The second-order valence-corrected chi connectivity index (χ2v) is 5.93. The first-order chi connectivity index (χ1) is 11.6. The average molecular weight is 350 g/mol. The van der Waals surface area contributed by atoms with E-state index in [4.69, 9.17) is 16.3 Å². The number of hydrogen-bond donors (Lipinski definition) is 1. The molecule has 0 unspecified atom stereocenters. The van der Waals surface area contributed by atoms with Gasteiger partial charge in [0.05, 0.1) is 9.95 Å². The first-order valence-corrected chi connectivity index (χ1v) is 8.06. The number of aromatic nitrogens is 3. The summed E-state index contributed by atoms with van der Waals surface area (Å²) < 4.78 is 5.77. The van der Waals surface area contributed by atoms with Crippen LogP contribution >= 0.6 is 11.6 Å². The van der Waals surface area contributed by atoms with E-state index in [9.17, 15) is 10.1 Å². The molecule has 0 spiro atoms. The summed E-state index contributed by atoms with van der Waals surface area (Å²) in [5, 5.41) is 14.8. The van der Waals surface area contributed by atoms with E-state index in [0.717, 1.165) is 25.7 Å². The first kappa shape index (κ1) is 16.4. The van der Waals surface area contributed by atoms with Gasteiger partial charge < -0.3 is 10.1 Å². The predicted molar refractivity (Wildman–Crippen MR) is 88.7 cm³/mol. The molecule has 1 aliphatic carbocycles. The highest BCUT2D eigenvalue weighted by atomic mass is 35.5. The molecule has 1 saturated carbocycles. The van der Waals surface area contributed by atoms with E-state index < -0.39 is 4.92 Å². The molecule has 0 aliphatic heterocycles. The molecule has 3 rings (SSSR count). The second-order valence-electron chi connectivity index (χ2n) is 5.50. The number of halogens is 1. The van der Waals surface area contributed by atoms with Crippen molar-refractivity contribution in [3.05, 3.63) is 39.8 Å². The van der Waals surface area contributed by atoms with Crippen LogP contribution < -0.4 is 10.1 Å². The quantitative estimate of drug-likeness (QED) is 0.645. The Balaban J connectivity index is 1.86. The van der Waals surface area contributed by atoms with Crippen molar-refractivity contribution >= 4 is 28.9 Å². The molecule has 2 aromatic rings. The van der Waals surface area contributed by atoms with Gasteiger partial charge in [-0.05, 0) is 37.8 Å². The standard InChI is InChI=1S/C15H16ClN5O3/c16-10-6-7-12(17-8-10)20-14-13(21(22)23)15(19-9-18-14)24-11-4-2-1-3-5-11/h6-9,11H,1-5H2,(H,17,18,19,20). The number of hydrogen-bond acceptors (Lipinski definition) is 7. The molecule has 8 nitrogen and oxygen atoms in total. The molecule has 2 heterocycles. The first-order valence-electron chi connectivity index (χ1n) is 7.68. The van der Waals surface area contributed by atoms with Gasteiger partial charge in [0, 0.05) is 6.20 Å². The number of nitro groups is 1. The van der Waals surface area contributed by atoms with Crippen LogP contribution in [0.25, 0.3) is 0 Å². The zero-order valence-corrected chi connectivity index (χ0v) is 13.6. The Bertz CT molecular complexity index is 720. The fraction of sp³-hybridized carbons (Fsp3) is 0.400. The third kappa shape index (κ3) is 3.88. The van der Waals surface area contributed by atoms with Gasteiger partial charge in [-0.25, -0.2) is 9.97 Å². The molecule has 9 heteroatoms. The lowest BCUT2D eigenvalue weighted by atomic mass is 9.98. The van der Waals surface area contributed by atoms with Crippen molar-refractivity contribution in [3.63, 3.8) is 0 Å². The van der Waals surface area contributed by atoms with Gasteiger partial charge in [-0.3, -0.25) is 10.1 Å². The average Bonchev–Trinajstić information content (AvgIpc) is 2.58. The molecule has 0 saturated heterocycles. The summed E-state index contributed by atoms with van der Waals surface area (Å²) in [5.74, 6) is 0.416. The van der Waals surface area contributed by atoms with Crippen molar-refractivity contribution in [2.75, 3.05) is 5.32 Å². The molecule has 0 aromatic carbocycles. The molecule has 126 valence electrons. The molecule has 1 aliphatic rings. The topological polar surface area (TPSA) is 103 Å². The zero-order valence-electron chi connectivity index (χ0n) is 12.8. The summed E-state index contributed by atoms with van der Waals surface area (Å²) in [6, 6.07) is 3.24. The highest BCUT2D eigenvalue weighted by Gasteiger charge is 2.27. The van der Waals surface area contributed by atoms with E-state index in [2.05, 4.69) is 20.3 Å². The minimum atomic E-state index is -0.545. The molecule has 1 N–H and O–H groups in total. The molecule has 0 atom stereocenters. The van der Waals surface area contributed by atoms with Crippen LogP contribution in [0.2, 0.25) is 5.02 Å². The zero-order chi connectivity index (χ0) is 16.9. The number of anilines is 2. The van der Waals surface area contributed by atoms with Gasteiger partial charge >= 0.3 is 5.69 Å². The molecule has 24 heavy (non-hydrogen) atoms. The van der Waals surface area contributed by atoms with Gasteiger partial charge in [0.1, 0.15) is 18.2 Å². The van der Waals surface area contributed by atoms with Crippen LogP contribution in [0, 0.1) is 10.1 Å². The van der Waals surface area contributed by atoms with Crippen molar-refractivity contribution < 1.29 is 9.66 Å². The molecule has 1 fully saturated rings. The summed E-state index contributed by atoms with van der Waals surface area (Å²) in [5.41, 5.74) is -0.292. The maximum absolute atomic E-state index is 11.5. The van der Waals surface area contributed by atoms with Crippen molar-refractivity contribution in [2.24, 2.45) is 0 Å². The van der Waals surface area contributed by atoms with Crippen LogP contribution in [0.15, 0.2) is 24.7 Å². The summed E-state index contributed by atoms with van der Waals surface area (Å²) in [4.78, 5) is 22.9. The second kappa shape index (κ2) is 7.39. The Hall–Kier alpha value is -2.48. The Morgan fingerprint density at radius 3 is 2.67 bits per heavy atom. The summed E-state index contributed by atoms with van der Waals surface area (Å²) in [6.45, 7) is 0. The van der Waals surface area contributed by atoms with Gasteiger partial charge in [-0.1, -0.05) is 18.0 Å². The van der Waals surface area contributed by atoms with Crippen LogP contribution in [-0.2, 0) is 0 Å². The summed E-state index contributed by atoms with van der Waals surface area (Å²) in [7, 11) is 0. The van der Waals surface area contributed by atoms with Crippen LogP contribution in [0.3, 0.4) is 0 Å². The summed E-state index contributed by atoms with van der Waals surface area (Å²) in [6.07, 6.45) is 7.67. The highest BCUT2D eigenvalue weighted by molar-refractivity contribution is 6.30. The SMILES string of the molecule is O=[N+]([O-])c1c(Nc2ccc(Cl)cn2)ncnc1OC1CCCCC1. The number of rotatable bonds is 5. The van der Waals surface area contributed by atoms with E-state index in [1.165, 1.54) is 18.9 Å². The van der Waals surface area contributed by atoms with Crippen LogP contribution in [0.5, 0.6) is 5.88 Å². The Morgan fingerprint density at radius 2 is 2.00 bits per heavy atom. The third-order valence-electron chi connectivity index (χ3n) is 3.78. The van der Waals surface area contributed by atoms with Crippen molar-refractivity contribution in [1.29, 1.82) is 0 Å². The highest BCUT2D eigenvalue weighted by Crippen LogP contribution is 2.34. The number of ether oxygens (including phenoxy) is 1. The van der Waals surface area contributed by atoms with Gasteiger partial charge in [-0.15, -0.1) is 0 Å². The Labute approximate surface area is 143 Å². The van der Waals surface area contributed by atoms with Crippen LogP contribution in [0.1, 0.15) is 32.1 Å². The van der Waals surface area contributed by atoms with E-state index in [1.807, 2.05) is 0 Å². The Kier molecular flexibility index (Phi) is 5.05. The summed E-state index contributed by atoms with van der Waals surface area (Å²) >= 11 is 5.79. The third-order valence-corrected chi connectivity index (χ3v) is 4.00. The minimum Gasteiger partial charge on any atom is -0.469 e.